The summed E-state index contributed by atoms with van der Waals surface area (Å²) in [4.78, 5) is 4.28. The van der Waals surface area contributed by atoms with Crippen LogP contribution in [0.15, 0.2) is 4.52 Å². The summed E-state index contributed by atoms with van der Waals surface area (Å²) >= 11 is 1.75. The smallest absolute Gasteiger partial charge is 0.232 e. The lowest BCUT2D eigenvalue weighted by molar-refractivity contribution is 0.141. The van der Waals surface area contributed by atoms with E-state index in [1.165, 1.54) is 0 Å². The molecule has 0 fully saturated rings. The first-order valence-corrected chi connectivity index (χ1v) is 6.42. The van der Waals surface area contributed by atoms with Gasteiger partial charge in [-0.15, -0.1) is 0 Å². The highest BCUT2D eigenvalue weighted by Crippen LogP contribution is 2.22. The van der Waals surface area contributed by atoms with Crippen molar-refractivity contribution >= 4 is 11.8 Å². The number of hydrogen-bond donors (Lipinski definition) is 1. The van der Waals surface area contributed by atoms with Gasteiger partial charge in [0.15, 0.2) is 5.82 Å². The molecule has 0 saturated heterocycles. The van der Waals surface area contributed by atoms with E-state index < -0.39 is 6.10 Å². The molecule has 0 saturated carbocycles. The quantitative estimate of drug-likeness (QED) is 0.811. The van der Waals surface area contributed by atoms with Crippen LogP contribution in [-0.2, 0) is 5.75 Å². The maximum absolute atomic E-state index is 9.52. The molecular weight excluding hydrogens is 212 g/mol. The first kappa shape index (κ1) is 12.5. The highest BCUT2D eigenvalue weighted by atomic mass is 32.2. The summed E-state index contributed by atoms with van der Waals surface area (Å²) in [6.45, 7) is 5.84. The van der Waals surface area contributed by atoms with Gasteiger partial charge in [0.25, 0.3) is 0 Å². The largest absolute Gasteiger partial charge is 0.393 e. The Labute approximate surface area is 94.5 Å². The Kier molecular flexibility index (Phi) is 5.11. The molecule has 5 heteroatoms. The molecule has 0 aliphatic heterocycles. The van der Waals surface area contributed by atoms with Crippen LogP contribution in [-0.4, -0.2) is 27.1 Å². The third-order valence-corrected chi connectivity index (χ3v) is 3.13. The monoisotopic (exact) mass is 230 g/mol. The molecular formula is C10H18N2O2S. The molecule has 0 aromatic carbocycles. The van der Waals surface area contributed by atoms with Crippen LogP contribution in [0.5, 0.6) is 0 Å². The second-order valence-electron chi connectivity index (χ2n) is 3.44. The first-order valence-electron chi connectivity index (χ1n) is 5.27. The summed E-state index contributed by atoms with van der Waals surface area (Å²) in [5.74, 6) is 3.04. The van der Waals surface area contributed by atoms with E-state index in [-0.39, 0.29) is 5.92 Å². The fourth-order valence-corrected chi connectivity index (χ4v) is 1.90. The van der Waals surface area contributed by atoms with Gasteiger partial charge in [0.05, 0.1) is 17.8 Å². The molecule has 2 unspecified atom stereocenters. The van der Waals surface area contributed by atoms with Crippen LogP contribution in [0.2, 0.25) is 0 Å². The van der Waals surface area contributed by atoms with Gasteiger partial charge in [-0.1, -0.05) is 19.0 Å². The zero-order valence-corrected chi connectivity index (χ0v) is 10.3. The topological polar surface area (TPSA) is 59.2 Å². The summed E-state index contributed by atoms with van der Waals surface area (Å²) in [6, 6.07) is 0. The van der Waals surface area contributed by atoms with Crippen molar-refractivity contribution in [3.8, 4) is 0 Å². The van der Waals surface area contributed by atoms with Crippen LogP contribution in [0, 0.1) is 0 Å². The summed E-state index contributed by atoms with van der Waals surface area (Å²) < 4.78 is 5.14. The highest BCUT2D eigenvalue weighted by Gasteiger charge is 2.21. The molecule has 1 aromatic rings. The van der Waals surface area contributed by atoms with Crippen LogP contribution >= 0.6 is 11.8 Å². The SMILES string of the molecule is CCSCc1noc(C(CC)C(C)O)n1. The predicted molar refractivity (Wildman–Crippen MR) is 60.8 cm³/mol. The fraction of sp³-hybridized carbons (Fsp3) is 0.800. The molecule has 1 heterocycles. The molecule has 1 aromatic heterocycles. The number of rotatable bonds is 6. The van der Waals surface area contributed by atoms with E-state index >= 15 is 0 Å². The molecule has 4 nitrogen and oxygen atoms in total. The summed E-state index contributed by atoms with van der Waals surface area (Å²) in [5, 5.41) is 13.4. The maximum atomic E-state index is 9.52. The van der Waals surface area contributed by atoms with Crippen molar-refractivity contribution in [2.24, 2.45) is 0 Å². The average molecular weight is 230 g/mol. The second kappa shape index (κ2) is 6.12. The standard InChI is InChI=1S/C10H18N2O2S/c1-4-8(7(3)13)10-11-9(12-14-10)6-15-5-2/h7-8,13H,4-6H2,1-3H3. The van der Waals surface area contributed by atoms with Crippen LogP contribution in [0.4, 0.5) is 0 Å². The van der Waals surface area contributed by atoms with E-state index in [1.54, 1.807) is 18.7 Å². The summed E-state index contributed by atoms with van der Waals surface area (Å²) in [6.07, 6.45) is 0.363. The average Bonchev–Trinajstić information content (AvgIpc) is 2.64. The van der Waals surface area contributed by atoms with Crippen molar-refractivity contribution in [3.63, 3.8) is 0 Å². The Morgan fingerprint density at radius 2 is 2.20 bits per heavy atom. The van der Waals surface area contributed by atoms with Crippen LogP contribution in [0.3, 0.4) is 0 Å². The summed E-state index contributed by atoms with van der Waals surface area (Å²) in [7, 11) is 0. The minimum atomic E-state index is -0.442. The molecule has 0 radical (unpaired) electrons. The van der Waals surface area contributed by atoms with Gasteiger partial charge in [0.1, 0.15) is 0 Å². The van der Waals surface area contributed by atoms with Crippen molar-refractivity contribution in [2.45, 2.75) is 45.0 Å². The van der Waals surface area contributed by atoms with E-state index in [1.807, 2.05) is 6.92 Å². The minimum Gasteiger partial charge on any atom is -0.393 e. The Balaban J connectivity index is 2.65. The van der Waals surface area contributed by atoms with Crippen molar-refractivity contribution in [1.29, 1.82) is 0 Å². The van der Waals surface area contributed by atoms with Crippen LogP contribution in [0.1, 0.15) is 44.8 Å². The molecule has 0 bridgehead atoms. The van der Waals surface area contributed by atoms with Gasteiger partial charge in [-0.05, 0) is 19.1 Å². The Hall–Kier alpha value is -0.550. The van der Waals surface area contributed by atoms with E-state index in [9.17, 15) is 5.11 Å². The van der Waals surface area contributed by atoms with E-state index in [4.69, 9.17) is 4.52 Å². The van der Waals surface area contributed by atoms with E-state index in [2.05, 4.69) is 17.1 Å². The molecule has 1 rings (SSSR count). The lowest BCUT2D eigenvalue weighted by Crippen LogP contribution is -2.14. The van der Waals surface area contributed by atoms with Crippen molar-refractivity contribution < 1.29 is 9.63 Å². The lowest BCUT2D eigenvalue weighted by Gasteiger charge is -2.12. The molecule has 2 atom stereocenters. The Morgan fingerprint density at radius 1 is 1.47 bits per heavy atom. The zero-order valence-electron chi connectivity index (χ0n) is 9.43. The summed E-state index contributed by atoms with van der Waals surface area (Å²) in [5.41, 5.74) is 0. The van der Waals surface area contributed by atoms with E-state index in [0.717, 1.165) is 23.8 Å². The number of aliphatic hydroxyl groups excluding tert-OH is 1. The van der Waals surface area contributed by atoms with Gasteiger partial charge >= 0.3 is 0 Å². The van der Waals surface area contributed by atoms with Gasteiger partial charge in [0, 0.05) is 0 Å². The number of aliphatic hydroxyl groups is 1. The van der Waals surface area contributed by atoms with Gasteiger partial charge < -0.3 is 9.63 Å². The molecule has 1 N–H and O–H groups in total. The van der Waals surface area contributed by atoms with Crippen molar-refractivity contribution in [2.75, 3.05) is 5.75 Å². The molecule has 0 spiro atoms. The maximum Gasteiger partial charge on any atom is 0.232 e. The van der Waals surface area contributed by atoms with Gasteiger partial charge in [0.2, 0.25) is 5.89 Å². The minimum absolute atomic E-state index is 0.0436. The van der Waals surface area contributed by atoms with Crippen molar-refractivity contribution in [1.82, 2.24) is 10.1 Å². The third kappa shape index (κ3) is 3.50. The number of thioether (sulfide) groups is 1. The fourth-order valence-electron chi connectivity index (χ4n) is 1.39. The van der Waals surface area contributed by atoms with Crippen LogP contribution < -0.4 is 0 Å². The molecule has 0 amide bonds. The van der Waals surface area contributed by atoms with Gasteiger partial charge in [-0.25, -0.2) is 0 Å². The first-order chi connectivity index (χ1) is 7.19. The van der Waals surface area contributed by atoms with Gasteiger partial charge in [-0.2, -0.15) is 16.7 Å². The molecule has 0 aliphatic rings. The Morgan fingerprint density at radius 3 is 2.73 bits per heavy atom. The number of hydrogen-bond acceptors (Lipinski definition) is 5. The highest BCUT2D eigenvalue weighted by molar-refractivity contribution is 7.98. The predicted octanol–water partition coefficient (Wildman–Crippen LogP) is 2.20. The van der Waals surface area contributed by atoms with Crippen molar-refractivity contribution in [3.05, 3.63) is 11.7 Å². The zero-order chi connectivity index (χ0) is 11.3. The second-order valence-corrected chi connectivity index (χ2v) is 4.72. The Bertz CT molecular complexity index is 289. The molecule has 0 aliphatic carbocycles. The van der Waals surface area contributed by atoms with Crippen LogP contribution in [0.25, 0.3) is 0 Å². The third-order valence-electron chi connectivity index (χ3n) is 2.26. The van der Waals surface area contributed by atoms with Gasteiger partial charge in [-0.3, -0.25) is 0 Å². The molecule has 86 valence electrons. The number of aromatic nitrogens is 2. The lowest BCUT2D eigenvalue weighted by atomic mass is 10.0. The number of nitrogens with zero attached hydrogens (tertiary/aromatic N) is 2. The molecule has 15 heavy (non-hydrogen) atoms. The van der Waals surface area contributed by atoms with E-state index in [0.29, 0.717) is 5.89 Å². The normalized spacial score (nSPS) is 15.2.